The molecule has 1 fully saturated rings. The summed E-state index contributed by atoms with van der Waals surface area (Å²) in [5.74, 6) is 0.0704. The van der Waals surface area contributed by atoms with Crippen molar-refractivity contribution in [3.63, 3.8) is 0 Å². The van der Waals surface area contributed by atoms with Gasteiger partial charge in [0.1, 0.15) is 0 Å². The first-order valence-corrected chi connectivity index (χ1v) is 8.03. The summed E-state index contributed by atoms with van der Waals surface area (Å²) in [6, 6.07) is -0.770. The Morgan fingerprint density at radius 2 is 2.24 bits per heavy atom. The summed E-state index contributed by atoms with van der Waals surface area (Å²) in [5.41, 5.74) is 5.73. The number of rotatable bonds is 5. The molecule has 1 aliphatic rings. The zero-order valence-corrected chi connectivity index (χ0v) is 11.1. The smallest absolute Gasteiger partial charge is 0.237 e. The number of hydrogen-bond acceptors (Lipinski definition) is 4. The third kappa shape index (κ3) is 5.04. The second kappa shape index (κ2) is 6.35. The van der Waals surface area contributed by atoms with Gasteiger partial charge in [-0.25, -0.2) is 8.42 Å². The molecule has 0 spiro atoms. The molecule has 1 heterocycles. The molecule has 0 saturated carbocycles. The first-order valence-electron chi connectivity index (χ1n) is 6.21. The molecule has 0 aromatic carbocycles. The third-order valence-electron chi connectivity index (χ3n) is 3.01. The summed E-state index contributed by atoms with van der Waals surface area (Å²) >= 11 is 0. The standard InChI is InChI=1S/C11H22N2O3S/c1-2-3-6-10(12)11(14)13-9-5-4-7-17(15,16)8-9/h9-10H,2-8,12H2,1H3,(H,13,14)/t9?,10-/m0/s1. The molecule has 0 radical (unpaired) electrons. The van der Waals surface area contributed by atoms with Gasteiger partial charge in [-0.05, 0) is 19.3 Å². The van der Waals surface area contributed by atoms with Gasteiger partial charge in [0, 0.05) is 6.04 Å². The van der Waals surface area contributed by atoms with E-state index in [2.05, 4.69) is 5.32 Å². The first-order chi connectivity index (χ1) is 7.94. The Hall–Kier alpha value is -0.620. The molecule has 6 heteroatoms. The molecule has 1 saturated heterocycles. The van der Waals surface area contributed by atoms with Crippen molar-refractivity contribution in [1.82, 2.24) is 5.32 Å². The van der Waals surface area contributed by atoms with Gasteiger partial charge in [-0.1, -0.05) is 19.8 Å². The molecule has 1 amide bonds. The van der Waals surface area contributed by atoms with Gasteiger partial charge in [-0.2, -0.15) is 0 Å². The summed E-state index contributed by atoms with van der Waals surface area (Å²) in [4.78, 5) is 11.7. The van der Waals surface area contributed by atoms with E-state index in [0.29, 0.717) is 12.8 Å². The molecule has 3 N–H and O–H groups in total. The van der Waals surface area contributed by atoms with Crippen molar-refractivity contribution in [3.8, 4) is 0 Å². The van der Waals surface area contributed by atoms with E-state index >= 15 is 0 Å². The Balaban J connectivity index is 2.40. The van der Waals surface area contributed by atoms with Crippen LogP contribution in [-0.4, -0.2) is 37.9 Å². The van der Waals surface area contributed by atoms with Crippen LogP contribution in [0.1, 0.15) is 39.0 Å². The van der Waals surface area contributed by atoms with Gasteiger partial charge in [-0.3, -0.25) is 4.79 Å². The lowest BCUT2D eigenvalue weighted by Crippen LogP contribution is -2.49. The van der Waals surface area contributed by atoms with Crippen LogP contribution in [0.15, 0.2) is 0 Å². The Morgan fingerprint density at radius 1 is 1.53 bits per heavy atom. The monoisotopic (exact) mass is 262 g/mol. The van der Waals surface area contributed by atoms with E-state index < -0.39 is 15.9 Å². The number of unbranched alkanes of at least 4 members (excludes halogenated alkanes) is 1. The van der Waals surface area contributed by atoms with Gasteiger partial charge in [-0.15, -0.1) is 0 Å². The van der Waals surface area contributed by atoms with Crippen LogP contribution in [0.5, 0.6) is 0 Å². The zero-order chi connectivity index (χ0) is 12.9. The maximum atomic E-state index is 11.7. The van der Waals surface area contributed by atoms with Gasteiger partial charge in [0.15, 0.2) is 9.84 Å². The Morgan fingerprint density at radius 3 is 2.82 bits per heavy atom. The molecule has 0 aliphatic carbocycles. The van der Waals surface area contributed by atoms with Crippen LogP contribution in [0.2, 0.25) is 0 Å². The average molecular weight is 262 g/mol. The van der Waals surface area contributed by atoms with Crippen molar-refractivity contribution < 1.29 is 13.2 Å². The lowest BCUT2D eigenvalue weighted by Gasteiger charge is -2.24. The minimum Gasteiger partial charge on any atom is -0.351 e. The van der Waals surface area contributed by atoms with Gasteiger partial charge in [0.25, 0.3) is 0 Å². The lowest BCUT2D eigenvalue weighted by molar-refractivity contribution is -0.123. The maximum Gasteiger partial charge on any atom is 0.237 e. The lowest BCUT2D eigenvalue weighted by atomic mass is 10.1. The van der Waals surface area contributed by atoms with Crippen molar-refractivity contribution in [2.75, 3.05) is 11.5 Å². The quantitative estimate of drug-likeness (QED) is 0.740. The Kier molecular flexibility index (Phi) is 5.39. The number of sulfone groups is 1. The molecular weight excluding hydrogens is 240 g/mol. The van der Waals surface area contributed by atoms with Crippen LogP contribution < -0.4 is 11.1 Å². The minimum absolute atomic E-state index is 0.0548. The number of carbonyl (C=O) groups excluding carboxylic acids is 1. The van der Waals surface area contributed by atoms with Gasteiger partial charge in [0.2, 0.25) is 5.91 Å². The molecule has 2 atom stereocenters. The van der Waals surface area contributed by atoms with E-state index in [-0.39, 0.29) is 23.5 Å². The fourth-order valence-corrected chi connectivity index (χ4v) is 3.64. The van der Waals surface area contributed by atoms with Crippen LogP contribution in [0.25, 0.3) is 0 Å². The van der Waals surface area contributed by atoms with E-state index in [4.69, 9.17) is 5.73 Å². The average Bonchev–Trinajstić information content (AvgIpc) is 2.24. The van der Waals surface area contributed by atoms with Crippen LogP contribution in [0.3, 0.4) is 0 Å². The summed E-state index contributed by atoms with van der Waals surface area (Å²) in [7, 11) is -2.98. The molecule has 5 nitrogen and oxygen atoms in total. The van der Waals surface area contributed by atoms with E-state index in [1.54, 1.807) is 0 Å². The Labute approximate surface area is 103 Å². The van der Waals surface area contributed by atoms with E-state index in [9.17, 15) is 13.2 Å². The molecule has 17 heavy (non-hydrogen) atoms. The number of amides is 1. The summed E-state index contributed by atoms with van der Waals surface area (Å²) in [5, 5.41) is 2.74. The number of hydrogen-bond donors (Lipinski definition) is 2. The van der Waals surface area contributed by atoms with E-state index in [1.807, 2.05) is 6.92 Å². The fraction of sp³-hybridized carbons (Fsp3) is 0.909. The molecular formula is C11H22N2O3S. The van der Waals surface area contributed by atoms with Crippen molar-refractivity contribution in [2.45, 2.75) is 51.1 Å². The van der Waals surface area contributed by atoms with Gasteiger partial charge >= 0.3 is 0 Å². The van der Waals surface area contributed by atoms with Crippen LogP contribution in [-0.2, 0) is 14.6 Å². The second-order valence-electron chi connectivity index (χ2n) is 4.71. The number of carbonyl (C=O) groups is 1. The summed E-state index contributed by atoms with van der Waals surface area (Å²) in [6.07, 6.45) is 3.92. The molecule has 0 aromatic heterocycles. The van der Waals surface area contributed by atoms with Crippen molar-refractivity contribution in [3.05, 3.63) is 0 Å². The normalized spacial score (nSPS) is 25.2. The molecule has 1 rings (SSSR count). The molecule has 1 aliphatic heterocycles. The van der Waals surface area contributed by atoms with Gasteiger partial charge in [0.05, 0.1) is 17.5 Å². The molecule has 100 valence electrons. The van der Waals surface area contributed by atoms with Crippen molar-refractivity contribution >= 4 is 15.7 Å². The topological polar surface area (TPSA) is 89.3 Å². The van der Waals surface area contributed by atoms with E-state index in [0.717, 1.165) is 19.3 Å². The summed E-state index contributed by atoms with van der Waals surface area (Å²) in [6.45, 7) is 2.04. The maximum absolute atomic E-state index is 11.7. The molecule has 0 aromatic rings. The highest BCUT2D eigenvalue weighted by atomic mass is 32.2. The SMILES string of the molecule is CCCC[C@H](N)C(=O)NC1CCCS(=O)(=O)C1. The highest BCUT2D eigenvalue weighted by Crippen LogP contribution is 2.12. The van der Waals surface area contributed by atoms with Crippen molar-refractivity contribution in [1.29, 1.82) is 0 Å². The number of nitrogens with one attached hydrogen (secondary N) is 1. The van der Waals surface area contributed by atoms with Crippen LogP contribution in [0.4, 0.5) is 0 Å². The minimum atomic E-state index is -2.98. The highest BCUT2D eigenvalue weighted by Gasteiger charge is 2.27. The Bertz CT molecular complexity index is 354. The molecule has 1 unspecified atom stereocenters. The molecule has 0 bridgehead atoms. The van der Waals surface area contributed by atoms with E-state index in [1.165, 1.54) is 0 Å². The predicted octanol–water partition coefficient (Wildman–Crippen LogP) is 0.197. The summed E-state index contributed by atoms with van der Waals surface area (Å²) < 4.78 is 22.8. The predicted molar refractivity (Wildman–Crippen MR) is 67.3 cm³/mol. The van der Waals surface area contributed by atoms with Crippen LogP contribution >= 0.6 is 0 Å². The van der Waals surface area contributed by atoms with Crippen LogP contribution in [0, 0.1) is 0 Å². The third-order valence-corrected chi connectivity index (χ3v) is 4.84. The largest absolute Gasteiger partial charge is 0.351 e. The van der Waals surface area contributed by atoms with Crippen molar-refractivity contribution in [2.24, 2.45) is 5.73 Å². The second-order valence-corrected chi connectivity index (χ2v) is 6.94. The first kappa shape index (κ1) is 14.4. The van der Waals surface area contributed by atoms with Gasteiger partial charge < -0.3 is 11.1 Å². The number of nitrogens with two attached hydrogens (primary N) is 1. The highest BCUT2D eigenvalue weighted by molar-refractivity contribution is 7.91. The fourth-order valence-electron chi connectivity index (χ4n) is 2.00. The zero-order valence-electron chi connectivity index (χ0n) is 10.3.